The van der Waals surface area contributed by atoms with E-state index in [0.717, 1.165) is 6.54 Å². The lowest BCUT2D eigenvalue weighted by molar-refractivity contribution is 0.0756. The minimum Gasteiger partial charge on any atom is -0.493 e. The molecule has 0 bridgehead atoms. The van der Waals surface area contributed by atoms with E-state index < -0.39 is 0 Å². The van der Waals surface area contributed by atoms with Crippen molar-refractivity contribution in [1.29, 1.82) is 0 Å². The fraction of sp³-hybridized carbons (Fsp3) is 0.500. The Hall–Kier alpha value is -1.04. The van der Waals surface area contributed by atoms with Crippen LogP contribution in [0.25, 0.3) is 0 Å². The van der Waals surface area contributed by atoms with Crippen LogP contribution in [0.15, 0.2) is 12.1 Å². The molecule has 1 aliphatic rings. The van der Waals surface area contributed by atoms with Gasteiger partial charge in [-0.3, -0.25) is 0 Å². The lowest BCUT2D eigenvalue weighted by Gasteiger charge is -2.25. The van der Waals surface area contributed by atoms with Crippen LogP contribution in [0.1, 0.15) is 11.6 Å². The van der Waals surface area contributed by atoms with E-state index >= 15 is 0 Å². The first kappa shape index (κ1) is 15.0. The normalized spacial score (nSPS) is 18.9. The molecule has 1 aromatic carbocycles. The van der Waals surface area contributed by atoms with E-state index in [4.69, 9.17) is 14.2 Å². The zero-order valence-corrected chi connectivity index (χ0v) is 11.2. The van der Waals surface area contributed by atoms with E-state index in [1.165, 1.54) is 20.3 Å². The number of methoxy groups -OCH3 is 2. The Morgan fingerprint density at radius 3 is 2.50 bits per heavy atom. The quantitative estimate of drug-likeness (QED) is 0.916. The van der Waals surface area contributed by atoms with Crippen molar-refractivity contribution in [3.63, 3.8) is 0 Å². The fourth-order valence-corrected chi connectivity index (χ4v) is 1.90. The second-order valence-electron chi connectivity index (χ2n) is 3.81. The Kier molecular flexibility index (Phi) is 5.65. The highest BCUT2D eigenvalue weighted by atomic mass is 35.5. The third-order valence-corrected chi connectivity index (χ3v) is 2.80. The number of halogens is 2. The van der Waals surface area contributed by atoms with Crippen LogP contribution in [0.2, 0.25) is 0 Å². The van der Waals surface area contributed by atoms with Gasteiger partial charge in [-0.2, -0.15) is 0 Å². The molecule has 0 aliphatic carbocycles. The number of hydrogen-bond acceptors (Lipinski definition) is 4. The Labute approximate surface area is 112 Å². The van der Waals surface area contributed by atoms with Gasteiger partial charge < -0.3 is 19.5 Å². The summed E-state index contributed by atoms with van der Waals surface area (Å²) in [5.74, 6) is 0.604. The topological polar surface area (TPSA) is 39.7 Å². The first-order valence-corrected chi connectivity index (χ1v) is 5.48. The van der Waals surface area contributed by atoms with Crippen LogP contribution in [0.5, 0.6) is 11.5 Å². The first-order valence-electron chi connectivity index (χ1n) is 5.48. The predicted octanol–water partition coefficient (Wildman–Crippen LogP) is 1.93. The molecule has 4 nitrogen and oxygen atoms in total. The van der Waals surface area contributed by atoms with E-state index in [2.05, 4.69) is 5.32 Å². The van der Waals surface area contributed by atoms with Crippen molar-refractivity contribution in [3.05, 3.63) is 23.5 Å². The Morgan fingerprint density at radius 1 is 1.28 bits per heavy atom. The highest BCUT2D eigenvalue weighted by molar-refractivity contribution is 5.85. The monoisotopic (exact) mass is 277 g/mol. The van der Waals surface area contributed by atoms with E-state index in [0.29, 0.717) is 30.3 Å². The molecule has 0 aromatic heterocycles. The maximum absolute atomic E-state index is 13.9. The molecule has 0 saturated carbocycles. The Morgan fingerprint density at radius 2 is 1.94 bits per heavy atom. The van der Waals surface area contributed by atoms with Gasteiger partial charge in [-0.25, -0.2) is 4.39 Å². The van der Waals surface area contributed by atoms with Crippen LogP contribution >= 0.6 is 12.4 Å². The second-order valence-corrected chi connectivity index (χ2v) is 3.81. The van der Waals surface area contributed by atoms with Crippen molar-refractivity contribution in [2.24, 2.45) is 0 Å². The van der Waals surface area contributed by atoms with Gasteiger partial charge in [0.2, 0.25) is 0 Å². The summed E-state index contributed by atoms with van der Waals surface area (Å²) in [6.07, 6.45) is 0. The van der Waals surface area contributed by atoms with Gasteiger partial charge >= 0.3 is 0 Å². The second kappa shape index (κ2) is 6.78. The summed E-state index contributed by atoms with van der Waals surface area (Å²) < 4.78 is 29.4. The molecule has 0 radical (unpaired) electrons. The third-order valence-electron chi connectivity index (χ3n) is 2.80. The number of morpholine rings is 1. The summed E-state index contributed by atoms with van der Waals surface area (Å²) >= 11 is 0. The van der Waals surface area contributed by atoms with Gasteiger partial charge in [-0.15, -0.1) is 12.4 Å². The molecule has 102 valence electrons. The van der Waals surface area contributed by atoms with Gasteiger partial charge in [0.1, 0.15) is 5.82 Å². The number of ether oxygens (including phenoxy) is 3. The van der Waals surface area contributed by atoms with Crippen molar-refractivity contribution in [2.75, 3.05) is 34.0 Å². The van der Waals surface area contributed by atoms with Crippen LogP contribution in [0, 0.1) is 5.82 Å². The summed E-state index contributed by atoms with van der Waals surface area (Å²) in [6, 6.07) is 2.86. The smallest absolute Gasteiger partial charge is 0.163 e. The van der Waals surface area contributed by atoms with Crippen molar-refractivity contribution in [3.8, 4) is 11.5 Å². The van der Waals surface area contributed by atoms with Gasteiger partial charge in [0.15, 0.2) is 11.5 Å². The first-order chi connectivity index (χ1) is 8.26. The molecule has 1 aliphatic heterocycles. The van der Waals surface area contributed by atoms with Gasteiger partial charge in [-0.1, -0.05) is 0 Å². The molecule has 1 N–H and O–H groups in total. The molecular formula is C12H17ClFNO3. The summed E-state index contributed by atoms with van der Waals surface area (Å²) in [6.45, 7) is 1.84. The summed E-state index contributed by atoms with van der Waals surface area (Å²) in [4.78, 5) is 0. The maximum atomic E-state index is 13.9. The molecule has 2 rings (SSSR count). The van der Waals surface area contributed by atoms with Crippen LogP contribution in [0.3, 0.4) is 0 Å². The molecule has 0 unspecified atom stereocenters. The number of benzene rings is 1. The minimum atomic E-state index is -0.314. The van der Waals surface area contributed by atoms with Gasteiger partial charge in [0, 0.05) is 18.2 Å². The van der Waals surface area contributed by atoms with Crippen molar-refractivity contribution >= 4 is 12.4 Å². The lowest BCUT2D eigenvalue weighted by Crippen LogP contribution is -2.35. The van der Waals surface area contributed by atoms with Crippen LogP contribution < -0.4 is 14.8 Å². The highest BCUT2D eigenvalue weighted by Crippen LogP contribution is 2.32. The van der Waals surface area contributed by atoms with Crippen molar-refractivity contribution < 1.29 is 18.6 Å². The van der Waals surface area contributed by atoms with E-state index in [-0.39, 0.29) is 24.3 Å². The fourth-order valence-electron chi connectivity index (χ4n) is 1.90. The molecule has 0 spiro atoms. The maximum Gasteiger partial charge on any atom is 0.163 e. The number of rotatable bonds is 3. The van der Waals surface area contributed by atoms with E-state index in [9.17, 15) is 4.39 Å². The summed E-state index contributed by atoms with van der Waals surface area (Å²) in [7, 11) is 3.02. The molecule has 1 saturated heterocycles. The minimum absolute atomic E-state index is 0. The summed E-state index contributed by atoms with van der Waals surface area (Å²) in [5.41, 5.74) is 0.544. The standard InChI is InChI=1S/C12H16FNO3.ClH/c1-15-11-5-8(9(13)6-12(11)16-2)10-7-17-4-3-14-10;/h5-6,10,14H,3-4,7H2,1-2H3;1H/t10-;/m0./s1. The third kappa shape index (κ3) is 3.04. The molecular weight excluding hydrogens is 261 g/mol. The van der Waals surface area contributed by atoms with Crippen LogP contribution in [-0.2, 0) is 4.74 Å². The average Bonchev–Trinajstić information content (AvgIpc) is 2.39. The highest BCUT2D eigenvalue weighted by Gasteiger charge is 2.21. The Bertz CT molecular complexity index is 397. The average molecular weight is 278 g/mol. The van der Waals surface area contributed by atoms with Gasteiger partial charge in [-0.05, 0) is 6.07 Å². The molecule has 1 heterocycles. The molecule has 1 aromatic rings. The molecule has 1 fully saturated rings. The predicted molar refractivity (Wildman–Crippen MR) is 68.3 cm³/mol. The zero-order valence-electron chi connectivity index (χ0n) is 10.4. The molecule has 6 heteroatoms. The number of hydrogen-bond donors (Lipinski definition) is 1. The van der Waals surface area contributed by atoms with E-state index in [1.54, 1.807) is 6.07 Å². The zero-order chi connectivity index (χ0) is 12.3. The SMILES string of the molecule is COc1cc(F)c([C@@H]2COCCN2)cc1OC.Cl. The van der Waals surface area contributed by atoms with Crippen molar-refractivity contribution in [1.82, 2.24) is 5.32 Å². The van der Waals surface area contributed by atoms with Crippen LogP contribution in [-0.4, -0.2) is 34.0 Å². The van der Waals surface area contributed by atoms with Gasteiger partial charge in [0.25, 0.3) is 0 Å². The van der Waals surface area contributed by atoms with Crippen LogP contribution in [0.4, 0.5) is 4.39 Å². The molecule has 18 heavy (non-hydrogen) atoms. The Balaban J connectivity index is 0.00000162. The molecule has 1 atom stereocenters. The number of nitrogens with one attached hydrogen (secondary N) is 1. The molecule has 0 amide bonds. The van der Waals surface area contributed by atoms with Gasteiger partial charge in [0.05, 0.1) is 33.5 Å². The largest absolute Gasteiger partial charge is 0.493 e. The van der Waals surface area contributed by atoms with Crippen molar-refractivity contribution in [2.45, 2.75) is 6.04 Å². The summed E-state index contributed by atoms with van der Waals surface area (Å²) in [5, 5.41) is 3.20. The van der Waals surface area contributed by atoms with E-state index in [1.807, 2.05) is 0 Å². The lowest BCUT2D eigenvalue weighted by atomic mass is 10.1.